The van der Waals surface area contributed by atoms with Gasteiger partial charge in [-0.3, -0.25) is 0 Å². The molecule has 4 heteroatoms. The minimum absolute atomic E-state index is 0.0577. The molecule has 0 aliphatic rings. The van der Waals surface area contributed by atoms with Crippen LogP contribution in [-0.4, -0.2) is 6.04 Å². The van der Waals surface area contributed by atoms with Crippen molar-refractivity contribution in [3.8, 4) is 5.75 Å². The predicted molar refractivity (Wildman–Crippen MR) is 82.2 cm³/mol. The van der Waals surface area contributed by atoms with E-state index in [9.17, 15) is 4.39 Å². The van der Waals surface area contributed by atoms with Gasteiger partial charge in [-0.25, -0.2) is 4.39 Å². The lowest BCUT2D eigenvalue weighted by molar-refractivity contribution is 0.296. The van der Waals surface area contributed by atoms with Crippen molar-refractivity contribution >= 4 is 15.9 Å². The first kappa shape index (κ1) is 15.0. The van der Waals surface area contributed by atoms with E-state index >= 15 is 0 Å². The second-order valence-electron chi connectivity index (χ2n) is 4.81. The van der Waals surface area contributed by atoms with Crippen LogP contribution in [0.2, 0.25) is 0 Å². The Bertz CT molecular complexity index is 586. The van der Waals surface area contributed by atoms with Crippen molar-refractivity contribution in [2.45, 2.75) is 26.0 Å². The summed E-state index contributed by atoms with van der Waals surface area (Å²) in [6.07, 6.45) is 0.733. The van der Waals surface area contributed by atoms with E-state index in [2.05, 4.69) is 15.9 Å². The average Bonchev–Trinajstić information content (AvgIpc) is 2.41. The van der Waals surface area contributed by atoms with Crippen molar-refractivity contribution in [2.75, 3.05) is 0 Å². The number of ether oxygens (including phenoxy) is 1. The summed E-state index contributed by atoms with van der Waals surface area (Å²) in [4.78, 5) is 0. The highest BCUT2D eigenvalue weighted by atomic mass is 79.9. The summed E-state index contributed by atoms with van der Waals surface area (Å²) in [5, 5.41) is 0. The highest BCUT2D eigenvalue weighted by Gasteiger charge is 2.08. The predicted octanol–water partition coefficient (Wildman–Crippen LogP) is 4.06. The van der Waals surface area contributed by atoms with Crippen LogP contribution < -0.4 is 10.5 Å². The molecule has 0 amide bonds. The van der Waals surface area contributed by atoms with Crippen LogP contribution >= 0.6 is 15.9 Å². The molecule has 0 aromatic heterocycles. The zero-order chi connectivity index (χ0) is 14.5. The highest BCUT2D eigenvalue weighted by Crippen LogP contribution is 2.22. The van der Waals surface area contributed by atoms with Gasteiger partial charge >= 0.3 is 0 Å². The molecular formula is C16H17BrFNO. The molecule has 2 aromatic rings. The van der Waals surface area contributed by atoms with Gasteiger partial charge in [-0.1, -0.05) is 34.1 Å². The fourth-order valence-electron chi connectivity index (χ4n) is 1.97. The molecule has 106 valence electrons. The summed E-state index contributed by atoms with van der Waals surface area (Å²) < 4.78 is 20.2. The Labute approximate surface area is 126 Å². The number of halogens is 2. The smallest absolute Gasteiger partial charge is 0.129 e. The lowest BCUT2D eigenvalue weighted by Crippen LogP contribution is -2.18. The van der Waals surface area contributed by atoms with Gasteiger partial charge in [-0.05, 0) is 43.2 Å². The maximum absolute atomic E-state index is 13.7. The van der Waals surface area contributed by atoms with Crippen LogP contribution in [0.4, 0.5) is 4.39 Å². The minimum Gasteiger partial charge on any atom is -0.489 e. The summed E-state index contributed by atoms with van der Waals surface area (Å²) in [6.45, 7) is 2.14. The summed E-state index contributed by atoms with van der Waals surface area (Å²) in [5.74, 6) is 0.488. The second kappa shape index (κ2) is 6.86. The molecule has 0 fully saturated rings. The summed E-state index contributed by atoms with van der Waals surface area (Å²) in [6, 6.07) is 12.6. The normalized spacial score (nSPS) is 12.2. The fourth-order valence-corrected chi connectivity index (χ4v) is 2.38. The topological polar surface area (TPSA) is 35.2 Å². The number of hydrogen-bond acceptors (Lipinski definition) is 2. The van der Waals surface area contributed by atoms with Crippen LogP contribution in [-0.2, 0) is 13.0 Å². The zero-order valence-electron chi connectivity index (χ0n) is 11.3. The Morgan fingerprint density at radius 2 is 1.95 bits per heavy atom. The van der Waals surface area contributed by atoms with Crippen molar-refractivity contribution in [1.82, 2.24) is 0 Å². The minimum atomic E-state index is -0.266. The third-order valence-electron chi connectivity index (χ3n) is 2.91. The molecule has 0 aliphatic heterocycles. The molecule has 20 heavy (non-hydrogen) atoms. The Kier molecular flexibility index (Phi) is 5.15. The number of rotatable bonds is 5. The van der Waals surface area contributed by atoms with Crippen LogP contribution in [0.25, 0.3) is 0 Å². The van der Waals surface area contributed by atoms with Gasteiger partial charge in [0.2, 0.25) is 0 Å². The zero-order valence-corrected chi connectivity index (χ0v) is 12.9. The van der Waals surface area contributed by atoms with Crippen molar-refractivity contribution < 1.29 is 9.13 Å². The number of hydrogen-bond donors (Lipinski definition) is 1. The molecule has 0 spiro atoms. The molecular weight excluding hydrogens is 321 g/mol. The monoisotopic (exact) mass is 337 g/mol. The largest absolute Gasteiger partial charge is 0.489 e. The summed E-state index contributed by atoms with van der Waals surface area (Å²) >= 11 is 3.33. The van der Waals surface area contributed by atoms with E-state index < -0.39 is 0 Å². The highest BCUT2D eigenvalue weighted by molar-refractivity contribution is 9.10. The molecule has 1 atom stereocenters. The lowest BCUT2D eigenvalue weighted by Gasteiger charge is -2.13. The Balaban J connectivity index is 2.12. The Hall–Kier alpha value is -1.39. The van der Waals surface area contributed by atoms with E-state index in [1.165, 1.54) is 6.07 Å². The molecule has 1 unspecified atom stereocenters. The molecule has 0 saturated carbocycles. The number of para-hydroxylation sites is 1. The van der Waals surface area contributed by atoms with Crippen molar-refractivity contribution in [1.29, 1.82) is 0 Å². The van der Waals surface area contributed by atoms with E-state index in [1.54, 1.807) is 12.1 Å². The van der Waals surface area contributed by atoms with Crippen LogP contribution in [0, 0.1) is 5.82 Å². The van der Waals surface area contributed by atoms with Crippen LogP contribution in [0.3, 0.4) is 0 Å². The third kappa shape index (κ3) is 4.05. The van der Waals surface area contributed by atoms with E-state index in [-0.39, 0.29) is 18.5 Å². The van der Waals surface area contributed by atoms with Crippen LogP contribution in [0.15, 0.2) is 46.9 Å². The van der Waals surface area contributed by atoms with E-state index in [0.717, 1.165) is 22.2 Å². The second-order valence-corrected chi connectivity index (χ2v) is 5.73. The molecule has 0 bridgehead atoms. The van der Waals surface area contributed by atoms with Gasteiger partial charge in [0, 0.05) is 16.1 Å². The van der Waals surface area contributed by atoms with Crippen LogP contribution in [0.1, 0.15) is 18.1 Å². The third-order valence-corrected chi connectivity index (χ3v) is 3.40. The van der Waals surface area contributed by atoms with Gasteiger partial charge < -0.3 is 10.5 Å². The maximum atomic E-state index is 13.7. The molecule has 0 radical (unpaired) electrons. The Morgan fingerprint density at radius 1 is 1.20 bits per heavy atom. The molecule has 2 aromatic carbocycles. The molecule has 2 N–H and O–H groups in total. The van der Waals surface area contributed by atoms with Crippen molar-refractivity contribution in [3.63, 3.8) is 0 Å². The van der Waals surface area contributed by atoms with Crippen LogP contribution in [0.5, 0.6) is 5.75 Å². The number of nitrogens with two attached hydrogens (primary N) is 1. The molecule has 0 saturated heterocycles. The van der Waals surface area contributed by atoms with Crippen molar-refractivity contribution in [2.24, 2.45) is 5.73 Å². The fraction of sp³-hybridized carbons (Fsp3) is 0.250. The first-order chi connectivity index (χ1) is 9.56. The first-order valence-electron chi connectivity index (χ1n) is 6.46. The molecule has 2 rings (SSSR count). The number of benzene rings is 2. The quantitative estimate of drug-likeness (QED) is 0.892. The summed E-state index contributed by atoms with van der Waals surface area (Å²) in [7, 11) is 0. The van der Waals surface area contributed by atoms with E-state index in [4.69, 9.17) is 10.5 Å². The SMILES string of the molecule is CC(N)Cc1ccccc1OCc1cc(Br)ccc1F. The standard InChI is InChI=1S/C16H17BrFNO/c1-11(19)8-12-4-2-3-5-16(12)20-10-13-9-14(17)6-7-15(13)18/h2-7,9,11H,8,10,19H2,1H3. The van der Waals surface area contributed by atoms with Gasteiger partial charge in [0.05, 0.1) is 0 Å². The average molecular weight is 338 g/mol. The van der Waals surface area contributed by atoms with Gasteiger partial charge in [0.25, 0.3) is 0 Å². The van der Waals surface area contributed by atoms with Gasteiger partial charge in [0.1, 0.15) is 18.2 Å². The van der Waals surface area contributed by atoms with E-state index in [1.807, 2.05) is 31.2 Å². The van der Waals surface area contributed by atoms with E-state index in [0.29, 0.717) is 5.56 Å². The molecule has 0 heterocycles. The molecule has 0 aliphatic carbocycles. The molecule has 2 nitrogen and oxygen atoms in total. The maximum Gasteiger partial charge on any atom is 0.129 e. The van der Waals surface area contributed by atoms with Gasteiger partial charge in [-0.2, -0.15) is 0 Å². The Morgan fingerprint density at radius 3 is 2.70 bits per heavy atom. The van der Waals surface area contributed by atoms with Gasteiger partial charge in [0.15, 0.2) is 0 Å². The van der Waals surface area contributed by atoms with Gasteiger partial charge in [-0.15, -0.1) is 0 Å². The first-order valence-corrected chi connectivity index (χ1v) is 7.26. The summed E-state index contributed by atoms with van der Waals surface area (Å²) in [5.41, 5.74) is 7.39. The van der Waals surface area contributed by atoms with Crippen molar-refractivity contribution in [3.05, 3.63) is 63.9 Å². The lowest BCUT2D eigenvalue weighted by atomic mass is 10.1.